The normalized spacial score (nSPS) is 32.7. The first-order chi connectivity index (χ1) is 9.76. The monoisotopic (exact) mass is 280 g/mol. The first-order valence-electron chi connectivity index (χ1n) is 9.21. The predicted molar refractivity (Wildman–Crippen MR) is 88.1 cm³/mol. The third-order valence-electron chi connectivity index (χ3n) is 5.83. The summed E-state index contributed by atoms with van der Waals surface area (Å²) in [5, 5.41) is 3.84. The minimum atomic E-state index is 0.740. The van der Waals surface area contributed by atoms with Gasteiger partial charge in [0.15, 0.2) is 0 Å². The zero-order valence-corrected chi connectivity index (χ0v) is 14.0. The molecule has 0 aromatic rings. The molecule has 2 aliphatic rings. The van der Waals surface area contributed by atoms with Gasteiger partial charge in [0.1, 0.15) is 0 Å². The molecule has 0 spiro atoms. The molecular formula is C18H36N2. The number of hydrogen-bond acceptors (Lipinski definition) is 2. The number of nitrogens with one attached hydrogen (secondary N) is 1. The van der Waals surface area contributed by atoms with Crippen molar-refractivity contribution in [1.82, 2.24) is 10.2 Å². The van der Waals surface area contributed by atoms with Gasteiger partial charge in [-0.05, 0) is 58.0 Å². The average Bonchev–Trinajstić information content (AvgIpc) is 2.53. The molecule has 2 heteroatoms. The molecule has 20 heavy (non-hydrogen) atoms. The van der Waals surface area contributed by atoms with E-state index in [0.29, 0.717) is 0 Å². The summed E-state index contributed by atoms with van der Waals surface area (Å²) in [6.07, 6.45) is 14.1. The Balaban J connectivity index is 1.96. The van der Waals surface area contributed by atoms with Gasteiger partial charge in [-0.3, -0.25) is 4.90 Å². The van der Waals surface area contributed by atoms with Crippen molar-refractivity contribution in [3.8, 4) is 0 Å². The lowest BCUT2D eigenvalue weighted by atomic mass is 9.79. The standard InChI is InChI=1S/C18H36N2/c1-4-13-19-17-12-11-15(5-2)14-18(17)20(3)16-9-7-6-8-10-16/h15-19H,4-14H2,1-3H3. The van der Waals surface area contributed by atoms with Crippen LogP contribution < -0.4 is 5.32 Å². The van der Waals surface area contributed by atoms with Crippen molar-refractivity contribution in [2.24, 2.45) is 5.92 Å². The van der Waals surface area contributed by atoms with E-state index in [4.69, 9.17) is 0 Å². The minimum Gasteiger partial charge on any atom is -0.312 e. The van der Waals surface area contributed by atoms with Gasteiger partial charge in [-0.25, -0.2) is 0 Å². The summed E-state index contributed by atoms with van der Waals surface area (Å²) < 4.78 is 0. The Morgan fingerprint density at radius 1 is 1.00 bits per heavy atom. The topological polar surface area (TPSA) is 15.3 Å². The summed E-state index contributed by atoms with van der Waals surface area (Å²) in [6, 6.07) is 2.38. The quantitative estimate of drug-likeness (QED) is 0.784. The van der Waals surface area contributed by atoms with Crippen molar-refractivity contribution in [2.45, 2.75) is 96.2 Å². The lowest BCUT2D eigenvalue weighted by molar-refractivity contribution is 0.0665. The lowest BCUT2D eigenvalue weighted by Gasteiger charge is -2.45. The Hall–Kier alpha value is -0.0800. The van der Waals surface area contributed by atoms with E-state index in [1.807, 2.05) is 0 Å². The molecule has 0 radical (unpaired) electrons. The Kier molecular flexibility index (Phi) is 6.83. The van der Waals surface area contributed by atoms with Gasteiger partial charge in [-0.1, -0.05) is 39.5 Å². The zero-order chi connectivity index (χ0) is 14.4. The molecule has 0 aliphatic heterocycles. The smallest absolute Gasteiger partial charge is 0.0251 e. The van der Waals surface area contributed by atoms with Crippen molar-refractivity contribution in [2.75, 3.05) is 13.6 Å². The molecule has 0 aromatic heterocycles. The molecule has 3 atom stereocenters. The molecule has 0 aromatic carbocycles. The fraction of sp³-hybridized carbons (Fsp3) is 1.00. The maximum absolute atomic E-state index is 3.84. The van der Waals surface area contributed by atoms with Gasteiger partial charge in [-0.2, -0.15) is 0 Å². The molecule has 0 heterocycles. The van der Waals surface area contributed by atoms with E-state index in [0.717, 1.165) is 24.0 Å². The van der Waals surface area contributed by atoms with Crippen LogP contribution in [-0.2, 0) is 0 Å². The Bertz CT molecular complexity index is 260. The minimum absolute atomic E-state index is 0.740. The third-order valence-corrected chi connectivity index (χ3v) is 5.83. The number of nitrogens with zero attached hydrogens (tertiary/aromatic N) is 1. The lowest BCUT2D eigenvalue weighted by Crippen LogP contribution is -2.55. The van der Waals surface area contributed by atoms with E-state index in [2.05, 4.69) is 31.1 Å². The van der Waals surface area contributed by atoms with Crippen molar-refractivity contribution >= 4 is 0 Å². The van der Waals surface area contributed by atoms with Crippen molar-refractivity contribution in [3.05, 3.63) is 0 Å². The summed E-state index contributed by atoms with van der Waals surface area (Å²) in [6.45, 7) is 5.85. The second-order valence-corrected chi connectivity index (χ2v) is 7.17. The Morgan fingerprint density at radius 2 is 1.75 bits per heavy atom. The first kappa shape index (κ1) is 16.3. The maximum Gasteiger partial charge on any atom is 0.0251 e. The fourth-order valence-corrected chi connectivity index (χ4v) is 4.38. The maximum atomic E-state index is 3.84. The largest absolute Gasteiger partial charge is 0.312 e. The molecule has 2 nitrogen and oxygen atoms in total. The van der Waals surface area contributed by atoms with Gasteiger partial charge < -0.3 is 5.32 Å². The summed E-state index contributed by atoms with van der Waals surface area (Å²) in [5.41, 5.74) is 0. The van der Waals surface area contributed by atoms with Crippen molar-refractivity contribution < 1.29 is 0 Å². The SMILES string of the molecule is CCCNC1CCC(CC)CC1N(C)C1CCCCC1. The fourth-order valence-electron chi connectivity index (χ4n) is 4.38. The Morgan fingerprint density at radius 3 is 2.40 bits per heavy atom. The molecule has 118 valence electrons. The second-order valence-electron chi connectivity index (χ2n) is 7.17. The van der Waals surface area contributed by atoms with Crippen LogP contribution in [0.5, 0.6) is 0 Å². The highest BCUT2D eigenvalue weighted by molar-refractivity contribution is 4.92. The van der Waals surface area contributed by atoms with Gasteiger partial charge in [-0.15, -0.1) is 0 Å². The van der Waals surface area contributed by atoms with Crippen LogP contribution in [0, 0.1) is 5.92 Å². The highest BCUT2D eigenvalue weighted by atomic mass is 15.2. The van der Waals surface area contributed by atoms with Crippen LogP contribution in [0.3, 0.4) is 0 Å². The molecular weight excluding hydrogens is 244 g/mol. The van der Waals surface area contributed by atoms with E-state index < -0.39 is 0 Å². The van der Waals surface area contributed by atoms with Gasteiger partial charge in [0.2, 0.25) is 0 Å². The number of hydrogen-bond donors (Lipinski definition) is 1. The zero-order valence-electron chi connectivity index (χ0n) is 14.0. The van der Waals surface area contributed by atoms with Crippen LogP contribution in [-0.4, -0.2) is 36.6 Å². The molecule has 2 rings (SSSR count). The first-order valence-corrected chi connectivity index (χ1v) is 9.21. The average molecular weight is 280 g/mol. The number of likely N-dealkylation sites (N-methyl/N-ethyl adjacent to an activating group) is 1. The third kappa shape index (κ3) is 4.21. The molecule has 2 fully saturated rings. The van der Waals surface area contributed by atoms with E-state index >= 15 is 0 Å². The highest BCUT2D eigenvalue weighted by Gasteiger charge is 2.34. The summed E-state index contributed by atoms with van der Waals surface area (Å²) in [7, 11) is 2.42. The van der Waals surface area contributed by atoms with Gasteiger partial charge in [0, 0.05) is 18.1 Å². The van der Waals surface area contributed by atoms with E-state index in [1.165, 1.54) is 70.8 Å². The van der Waals surface area contributed by atoms with Gasteiger partial charge in [0.05, 0.1) is 0 Å². The molecule has 2 aliphatic carbocycles. The summed E-state index contributed by atoms with van der Waals surface area (Å²) in [4.78, 5) is 2.77. The van der Waals surface area contributed by atoms with Gasteiger partial charge >= 0.3 is 0 Å². The molecule has 0 bridgehead atoms. The van der Waals surface area contributed by atoms with Crippen LogP contribution in [0.2, 0.25) is 0 Å². The highest BCUT2D eigenvalue weighted by Crippen LogP contribution is 2.33. The van der Waals surface area contributed by atoms with E-state index in [-0.39, 0.29) is 0 Å². The van der Waals surface area contributed by atoms with Gasteiger partial charge in [0.25, 0.3) is 0 Å². The van der Waals surface area contributed by atoms with Crippen LogP contribution in [0.25, 0.3) is 0 Å². The molecule has 0 amide bonds. The van der Waals surface area contributed by atoms with Crippen LogP contribution in [0.4, 0.5) is 0 Å². The van der Waals surface area contributed by atoms with Crippen molar-refractivity contribution in [3.63, 3.8) is 0 Å². The molecule has 3 unspecified atom stereocenters. The molecule has 2 saturated carbocycles. The van der Waals surface area contributed by atoms with Crippen LogP contribution >= 0.6 is 0 Å². The number of rotatable bonds is 6. The van der Waals surface area contributed by atoms with Crippen LogP contribution in [0.15, 0.2) is 0 Å². The predicted octanol–water partition coefficient (Wildman–Crippen LogP) is 4.20. The second kappa shape index (κ2) is 8.38. The summed E-state index contributed by atoms with van der Waals surface area (Å²) >= 11 is 0. The van der Waals surface area contributed by atoms with Crippen LogP contribution in [0.1, 0.15) is 78.1 Å². The molecule has 0 saturated heterocycles. The van der Waals surface area contributed by atoms with E-state index in [9.17, 15) is 0 Å². The summed E-state index contributed by atoms with van der Waals surface area (Å²) in [5.74, 6) is 0.964. The Labute approximate surface area is 126 Å². The molecule has 1 N–H and O–H groups in total. The van der Waals surface area contributed by atoms with E-state index in [1.54, 1.807) is 0 Å². The van der Waals surface area contributed by atoms with Crippen molar-refractivity contribution in [1.29, 1.82) is 0 Å².